The van der Waals surface area contributed by atoms with E-state index in [0.717, 1.165) is 35.4 Å². The van der Waals surface area contributed by atoms with Crippen LogP contribution >= 0.6 is 11.3 Å². The average molecular weight is 391 g/mol. The summed E-state index contributed by atoms with van der Waals surface area (Å²) in [6.07, 6.45) is 3.49. The van der Waals surface area contributed by atoms with Gasteiger partial charge in [0.15, 0.2) is 0 Å². The molecule has 5 nitrogen and oxygen atoms in total. The van der Waals surface area contributed by atoms with Gasteiger partial charge in [-0.15, -0.1) is 11.3 Å². The number of thiophene rings is 1. The van der Waals surface area contributed by atoms with Gasteiger partial charge in [-0.2, -0.15) is 5.26 Å². The van der Waals surface area contributed by atoms with E-state index in [1.54, 1.807) is 18.3 Å². The van der Waals surface area contributed by atoms with Crippen molar-refractivity contribution in [1.82, 2.24) is 4.72 Å². The monoisotopic (exact) mass is 390 g/mol. The molecule has 1 aromatic carbocycles. The van der Waals surface area contributed by atoms with Gasteiger partial charge in [-0.3, -0.25) is 0 Å². The minimum atomic E-state index is -3.63. The van der Waals surface area contributed by atoms with Crippen LogP contribution in [0.2, 0.25) is 0 Å². The SMILES string of the molecule is C[C@@H](O)c1ccc(C2(CNS(=O)(=O)c3ccc(C#N)cc3)CCCC2)s1. The number of nitrogens with zero attached hydrogens (tertiary/aromatic N) is 1. The molecule has 0 spiro atoms. The summed E-state index contributed by atoms with van der Waals surface area (Å²) in [5.74, 6) is 0. The summed E-state index contributed by atoms with van der Waals surface area (Å²) in [5.41, 5.74) is 0.220. The first kappa shape index (κ1) is 19.1. The fourth-order valence-electron chi connectivity index (χ4n) is 3.45. The molecule has 0 aliphatic heterocycles. The molecule has 1 heterocycles. The Morgan fingerprint density at radius 3 is 2.42 bits per heavy atom. The van der Waals surface area contributed by atoms with Gasteiger partial charge in [-0.25, -0.2) is 13.1 Å². The van der Waals surface area contributed by atoms with Crippen LogP contribution < -0.4 is 4.72 Å². The predicted octanol–water partition coefficient (Wildman–Crippen LogP) is 3.46. The normalized spacial score (nSPS) is 17.7. The van der Waals surface area contributed by atoms with Crippen molar-refractivity contribution in [1.29, 1.82) is 5.26 Å². The van der Waals surface area contributed by atoms with Crippen LogP contribution in [0, 0.1) is 11.3 Å². The van der Waals surface area contributed by atoms with Gasteiger partial charge in [0.1, 0.15) is 0 Å². The summed E-state index contributed by atoms with van der Waals surface area (Å²) in [7, 11) is -3.63. The molecule has 0 bridgehead atoms. The molecule has 1 aliphatic rings. The number of nitrogens with one attached hydrogen (secondary N) is 1. The van der Waals surface area contributed by atoms with Crippen LogP contribution in [0.25, 0.3) is 0 Å². The van der Waals surface area contributed by atoms with Crippen molar-refractivity contribution >= 4 is 21.4 Å². The van der Waals surface area contributed by atoms with Gasteiger partial charge in [0.2, 0.25) is 10.0 Å². The highest BCUT2D eigenvalue weighted by Gasteiger charge is 2.38. The fraction of sp³-hybridized carbons (Fsp3) is 0.421. The van der Waals surface area contributed by atoms with E-state index in [4.69, 9.17) is 5.26 Å². The highest BCUT2D eigenvalue weighted by atomic mass is 32.2. The minimum absolute atomic E-state index is 0.167. The van der Waals surface area contributed by atoms with Gasteiger partial charge in [0.25, 0.3) is 0 Å². The van der Waals surface area contributed by atoms with E-state index in [9.17, 15) is 13.5 Å². The van der Waals surface area contributed by atoms with E-state index in [-0.39, 0.29) is 10.3 Å². The molecule has 2 aromatic rings. The summed E-state index contributed by atoms with van der Waals surface area (Å²) in [6.45, 7) is 2.08. The van der Waals surface area contributed by atoms with Gasteiger partial charge >= 0.3 is 0 Å². The third kappa shape index (κ3) is 3.84. The number of aliphatic hydroxyl groups excluding tert-OH is 1. The lowest BCUT2D eigenvalue weighted by Gasteiger charge is -2.28. The lowest BCUT2D eigenvalue weighted by molar-refractivity contribution is 0.203. The van der Waals surface area contributed by atoms with E-state index in [0.29, 0.717) is 12.1 Å². The molecule has 1 saturated carbocycles. The van der Waals surface area contributed by atoms with Gasteiger partial charge in [0, 0.05) is 21.7 Å². The van der Waals surface area contributed by atoms with Crippen LogP contribution in [0.5, 0.6) is 0 Å². The second-order valence-electron chi connectivity index (χ2n) is 6.83. The molecular formula is C19H22N2O3S2. The van der Waals surface area contributed by atoms with E-state index < -0.39 is 16.1 Å². The van der Waals surface area contributed by atoms with Gasteiger partial charge in [-0.1, -0.05) is 12.8 Å². The largest absolute Gasteiger partial charge is 0.388 e. The Morgan fingerprint density at radius 2 is 1.88 bits per heavy atom. The van der Waals surface area contributed by atoms with Crippen molar-refractivity contribution in [2.24, 2.45) is 0 Å². The third-order valence-electron chi connectivity index (χ3n) is 5.02. The van der Waals surface area contributed by atoms with Crippen LogP contribution in [0.1, 0.15) is 54.0 Å². The van der Waals surface area contributed by atoms with E-state index in [2.05, 4.69) is 4.72 Å². The maximum Gasteiger partial charge on any atom is 0.240 e. The molecule has 26 heavy (non-hydrogen) atoms. The van der Waals surface area contributed by atoms with Crippen LogP contribution in [-0.4, -0.2) is 20.1 Å². The Hall–Kier alpha value is -1.72. The molecule has 1 aromatic heterocycles. The Labute approximate surface area is 158 Å². The standard InChI is InChI=1S/C19H22N2O3S2/c1-14(22)17-8-9-18(25-17)19(10-2-3-11-19)13-21-26(23,24)16-6-4-15(12-20)5-7-16/h4-9,14,21-22H,2-3,10-11,13H2,1H3/t14-/m1/s1. The summed E-state index contributed by atoms with van der Waals surface area (Å²) in [5, 5.41) is 18.6. The number of hydrogen-bond acceptors (Lipinski definition) is 5. The smallest absolute Gasteiger partial charge is 0.240 e. The molecular weight excluding hydrogens is 368 g/mol. The van der Waals surface area contributed by atoms with Crippen molar-refractivity contribution in [3.05, 3.63) is 51.7 Å². The topological polar surface area (TPSA) is 90.2 Å². The first-order chi connectivity index (χ1) is 12.4. The van der Waals surface area contributed by atoms with Crippen LogP contribution in [0.15, 0.2) is 41.3 Å². The fourth-order valence-corrected chi connectivity index (χ4v) is 5.77. The van der Waals surface area contributed by atoms with Crippen molar-refractivity contribution in [3.63, 3.8) is 0 Å². The van der Waals surface area contributed by atoms with Crippen molar-refractivity contribution in [3.8, 4) is 6.07 Å². The Morgan fingerprint density at radius 1 is 1.23 bits per heavy atom. The zero-order valence-electron chi connectivity index (χ0n) is 14.6. The van der Waals surface area contributed by atoms with Gasteiger partial charge in [0.05, 0.1) is 22.6 Å². The Balaban J connectivity index is 1.80. The minimum Gasteiger partial charge on any atom is -0.388 e. The summed E-state index contributed by atoms with van der Waals surface area (Å²) < 4.78 is 28.1. The van der Waals surface area contributed by atoms with Crippen molar-refractivity contribution in [2.45, 2.75) is 49.0 Å². The molecule has 1 aliphatic carbocycles. The summed E-state index contributed by atoms with van der Waals surface area (Å²) in [6, 6.07) is 11.9. The first-order valence-corrected chi connectivity index (χ1v) is 10.9. The Bertz CT molecular complexity index is 903. The van der Waals surface area contributed by atoms with Gasteiger partial charge in [-0.05, 0) is 56.2 Å². The molecule has 0 radical (unpaired) electrons. The molecule has 7 heteroatoms. The number of hydrogen-bond donors (Lipinski definition) is 2. The lowest BCUT2D eigenvalue weighted by Crippen LogP contribution is -2.38. The lowest BCUT2D eigenvalue weighted by atomic mass is 9.85. The molecule has 2 N–H and O–H groups in total. The second-order valence-corrected chi connectivity index (χ2v) is 9.71. The number of rotatable bonds is 6. The second kappa shape index (κ2) is 7.49. The average Bonchev–Trinajstić information content (AvgIpc) is 3.30. The van der Waals surface area contributed by atoms with Crippen LogP contribution in [0.4, 0.5) is 0 Å². The van der Waals surface area contributed by atoms with Gasteiger partial charge < -0.3 is 5.11 Å². The molecule has 0 amide bonds. The highest BCUT2D eigenvalue weighted by Crippen LogP contribution is 2.44. The first-order valence-electron chi connectivity index (χ1n) is 8.64. The van der Waals surface area contributed by atoms with Crippen molar-refractivity contribution in [2.75, 3.05) is 6.54 Å². The van der Waals surface area contributed by atoms with Crippen LogP contribution in [0.3, 0.4) is 0 Å². The van der Waals surface area contributed by atoms with E-state index in [1.165, 1.54) is 24.3 Å². The number of sulfonamides is 1. The maximum absolute atomic E-state index is 12.6. The molecule has 0 saturated heterocycles. The summed E-state index contributed by atoms with van der Waals surface area (Å²) in [4.78, 5) is 2.20. The zero-order chi connectivity index (χ0) is 18.8. The number of aliphatic hydroxyl groups is 1. The number of benzene rings is 1. The highest BCUT2D eigenvalue weighted by molar-refractivity contribution is 7.89. The molecule has 138 valence electrons. The third-order valence-corrected chi connectivity index (χ3v) is 7.94. The summed E-state index contributed by atoms with van der Waals surface area (Å²) >= 11 is 1.57. The van der Waals surface area contributed by atoms with E-state index in [1.807, 2.05) is 18.2 Å². The maximum atomic E-state index is 12.6. The number of nitriles is 1. The molecule has 1 fully saturated rings. The van der Waals surface area contributed by atoms with E-state index >= 15 is 0 Å². The molecule has 1 atom stereocenters. The quantitative estimate of drug-likeness (QED) is 0.790. The van der Waals surface area contributed by atoms with Crippen molar-refractivity contribution < 1.29 is 13.5 Å². The molecule has 0 unspecified atom stereocenters. The predicted molar refractivity (Wildman–Crippen MR) is 101 cm³/mol. The molecule has 3 rings (SSSR count). The Kier molecular flexibility index (Phi) is 5.49. The zero-order valence-corrected chi connectivity index (χ0v) is 16.2. The van der Waals surface area contributed by atoms with Crippen LogP contribution in [-0.2, 0) is 15.4 Å².